The second-order valence-electron chi connectivity index (χ2n) is 3.90. The van der Waals surface area contributed by atoms with Crippen molar-refractivity contribution in [3.05, 3.63) is 18.3 Å². The molecule has 0 spiro atoms. The Morgan fingerprint density at radius 3 is 3.12 bits per heavy atom. The van der Waals surface area contributed by atoms with Gasteiger partial charge in [0.15, 0.2) is 0 Å². The van der Waals surface area contributed by atoms with Gasteiger partial charge in [-0.15, -0.1) is 0 Å². The predicted octanol–water partition coefficient (Wildman–Crippen LogP) is 2.70. The van der Waals surface area contributed by atoms with Crippen molar-refractivity contribution in [1.29, 1.82) is 0 Å². The maximum Gasteiger partial charge on any atom is 0.217 e. The molecular formula is C11H16FN3S. The standard InChI is InChI=1S/C11H16FN3S/c1-2-16-9-5-3-4-8(9)15-11-6-10(12)13-7-14-11/h6-9H,2-5H2,1H3,(H,13,14,15). The van der Waals surface area contributed by atoms with Crippen molar-refractivity contribution in [2.75, 3.05) is 11.1 Å². The van der Waals surface area contributed by atoms with Crippen molar-refractivity contribution in [2.45, 2.75) is 37.5 Å². The number of halogens is 1. The molecule has 88 valence electrons. The fourth-order valence-corrected chi connectivity index (χ4v) is 3.31. The topological polar surface area (TPSA) is 37.8 Å². The van der Waals surface area contributed by atoms with Crippen molar-refractivity contribution in [1.82, 2.24) is 9.97 Å². The molecule has 0 amide bonds. The first kappa shape index (κ1) is 11.6. The molecule has 2 unspecified atom stereocenters. The van der Waals surface area contributed by atoms with Crippen LogP contribution in [-0.2, 0) is 0 Å². The quantitative estimate of drug-likeness (QED) is 0.822. The molecule has 1 aromatic rings. The van der Waals surface area contributed by atoms with Crippen LogP contribution in [0.4, 0.5) is 10.2 Å². The Hall–Kier alpha value is -0.840. The molecular weight excluding hydrogens is 225 g/mol. The van der Waals surface area contributed by atoms with Gasteiger partial charge in [0, 0.05) is 17.4 Å². The molecule has 0 aliphatic heterocycles. The van der Waals surface area contributed by atoms with Crippen LogP contribution in [0.25, 0.3) is 0 Å². The Labute approximate surface area is 99.3 Å². The second kappa shape index (κ2) is 5.48. The number of nitrogens with zero attached hydrogens (tertiary/aromatic N) is 2. The van der Waals surface area contributed by atoms with E-state index in [9.17, 15) is 4.39 Å². The third kappa shape index (κ3) is 2.84. The van der Waals surface area contributed by atoms with E-state index in [1.54, 1.807) is 0 Å². The summed E-state index contributed by atoms with van der Waals surface area (Å²) in [5.74, 6) is 1.25. The molecule has 0 bridgehead atoms. The molecule has 1 aromatic heterocycles. The van der Waals surface area contributed by atoms with Gasteiger partial charge in [0.05, 0.1) is 0 Å². The van der Waals surface area contributed by atoms with E-state index >= 15 is 0 Å². The Balaban J connectivity index is 1.98. The normalized spacial score (nSPS) is 24.6. The summed E-state index contributed by atoms with van der Waals surface area (Å²) >= 11 is 1.97. The number of nitrogens with one attached hydrogen (secondary N) is 1. The number of hydrogen-bond acceptors (Lipinski definition) is 4. The van der Waals surface area contributed by atoms with Crippen LogP contribution in [0, 0.1) is 5.95 Å². The molecule has 0 saturated heterocycles. The monoisotopic (exact) mass is 241 g/mol. The van der Waals surface area contributed by atoms with Gasteiger partial charge >= 0.3 is 0 Å². The van der Waals surface area contributed by atoms with Crippen LogP contribution < -0.4 is 5.32 Å². The van der Waals surface area contributed by atoms with Crippen LogP contribution >= 0.6 is 11.8 Å². The van der Waals surface area contributed by atoms with Crippen LogP contribution in [-0.4, -0.2) is 27.0 Å². The molecule has 1 fully saturated rings. The number of anilines is 1. The molecule has 1 aliphatic carbocycles. The van der Waals surface area contributed by atoms with Gasteiger partial charge in [0.1, 0.15) is 12.1 Å². The minimum atomic E-state index is -0.477. The number of rotatable bonds is 4. The fraction of sp³-hybridized carbons (Fsp3) is 0.636. The Bertz CT molecular complexity index is 348. The van der Waals surface area contributed by atoms with E-state index < -0.39 is 5.95 Å². The highest BCUT2D eigenvalue weighted by Gasteiger charge is 2.27. The Morgan fingerprint density at radius 1 is 1.50 bits per heavy atom. The van der Waals surface area contributed by atoms with Crippen LogP contribution in [0.3, 0.4) is 0 Å². The zero-order valence-corrected chi connectivity index (χ0v) is 10.1. The van der Waals surface area contributed by atoms with Crippen LogP contribution in [0.2, 0.25) is 0 Å². The SMILES string of the molecule is CCSC1CCCC1Nc1cc(F)ncn1. The van der Waals surface area contributed by atoms with E-state index in [0.29, 0.717) is 17.1 Å². The van der Waals surface area contributed by atoms with Crippen molar-refractivity contribution in [3.8, 4) is 0 Å². The molecule has 1 heterocycles. The first-order valence-corrected chi connectivity index (χ1v) is 6.70. The highest BCUT2D eigenvalue weighted by Crippen LogP contribution is 2.31. The minimum absolute atomic E-state index is 0.416. The third-order valence-corrected chi connectivity index (χ3v) is 4.13. The van der Waals surface area contributed by atoms with Crippen molar-refractivity contribution in [3.63, 3.8) is 0 Å². The van der Waals surface area contributed by atoms with Gasteiger partial charge in [0.25, 0.3) is 0 Å². The average molecular weight is 241 g/mol. The summed E-state index contributed by atoms with van der Waals surface area (Å²) in [4.78, 5) is 7.47. The van der Waals surface area contributed by atoms with E-state index in [1.807, 2.05) is 11.8 Å². The number of hydrogen-bond donors (Lipinski definition) is 1. The maximum atomic E-state index is 12.9. The maximum absolute atomic E-state index is 12.9. The average Bonchev–Trinajstić information content (AvgIpc) is 2.66. The predicted molar refractivity (Wildman–Crippen MR) is 65.2 cm³/mol. The van der Waals surface area contributed by atoms with Crippen LogP contribution in [0.15, 0.2) is 12.4 Å². The summed E-state index contributed by atoms with van der Waals surface area (Å²) in [6.07, 6.45) is 4.88. The van der Waals surface area contributed by atoms with Crippen LogP contribution in [0.5, 0.6) is 0 Å². The first-order chi connectivity index (χ1) is 7.79. The lowest BCUT2D eigenvalue weighted by Gasteiger charge is -2.20. The van der Waals surface area contributed by atoms with Gasteiger partial charge in [-0.05, 0) is 18.6 Å². The third-order valence-electron chi connectivity index (χ3n) is 2.80. The zero-order valence-electron chi connectivity index (χ0n) is 9.32. The molecule has 16 heavy (non-hydrogen) atoms. The summed E-state index contributed by atoms with van der Waals surface area (Å²) in [5.41, 5.74) is 0. The van der Waals surface area contributed by atoms with E-state index in [2.05, 4.69) is 22.2 Å². The van der Waals surface area contributed by atoms with Crippen molar-refractivity contribution in [2.24, 2.45) is 0 Å². The molecule has 0 radical (unpaired) electrons. The highest BCUT2D eigenvalue weighted by atomic mass is 32.2. The molecule has 5 heteroatoms. The molecule has 2 rings (SSSR count). The molecule has 1 N–H and O–H groups in total. The number of thioether (sulfide) groups is 1. The Kier molecular flexibility index (Phi) is 3.98. The molecule has 2 atom stereocenters. The van der Waals surface area contributed by atoms with E-state index in [1.165, 1.54) is 25.2 Å². The summed E-state index contributed by atoms with van der Waals surface area (Å²) in [7, 11) is 0. The van der Waals surface area contributed by atoms with Gasteiger partial charge in [-0.25, -0.2) is 9.97 Å². The first-order valence-electron chi connectivity index (χ1n) is 5.65. The number of aromatic nitrogens is 2. The molecule has 0 aromatic carbocycles. The van der Waals surface area contributed by atoms with Crippen molar-refractivity contribution >= 4 is 17.6 Å². The lowest BCUT2D eigenvalue weighted by atomic mass is 10.2. The fourth-order valence-electron chi connectivity index (χ4n) is 2.11. The van der Waals surface area contributed by atoms with Crippen LogP contribution in [0.1, 0.15) is 26.2 Å². The van der Waals surface area contributed by atoms with Gasteiger partial charge in [-0.3, -0.25) is 0 Å². The Morgan fingerprint density at radius 2 is 2.38 bits per heavy atom. The lowest BCUT2D eigenvalue weighted by molar-refractivity contribution is 0.579. The van der Waals surface area contributed by atoms with Gasteiger partial charge in [-0.2, -0.15) is 16.2 Å². The summed E-state index contributed by atoms with van der Waals surface area (Å²) in [5, 5.41) is 3.93. The van der Waals surface area contributed by atoms with Crippen molar-refractivity contribution < 1.29 is 4.39 Å². The van der Waals surface area contributed by atoms with Gasteiger partial charge < -0.3 is 5.32 Å². The smallest absolute Gasteiger partial charge is 0.217 e. The van der Waals surface area contributed by atoms with E-state index in [-0.39, 0.29) is 0 Å². The molecule has 1 saturated carbocycles. The molecule has 1 aliphatic rings. The second-order valence-corrected chi connectivity index (χ2v) is 5.42. The largest absolute Gasteiger partial charge is 0.366 e. The lowest BCUT2D eigenvalue weighted by Crippen LogP contribution is -2.26. The highest BCUT2D eigenvalue weighted by molar-refractivity contribution is 7.99. The van der Waals surface area contributed by atoms with Gasteiger partial charge in [-0.1, -0.05) is 13.3 Å². The summed E-state index contributed by atoms with van der Waals surface area (Å²) < 4.78 is 12.9. The van der Waals surface area contributed by atoms with Gasteiger partial charge in [0.2, 0.25) is 5.95 Å². The van der Waals surface area contributed by atoms with E-state index in [0.717, 1.165) is 12.2 Å². The summed E-state index contributed by atoms with van der Waals surface area (Å²) in [6, 6.07) is 1.77. The summed E-state index contributed by atoms with van der Waals surface area (Å²) in [6.45, 7) is 2.17. The minimum Gasteiger partial charge on any atom is -0.366 e. The van der Waals surface area contributed by atoms with E-state index in [4.69, 9.17) is 0 Å². The molecule has 3 nitrogen and oxygen atoms in total. The zero-order chi connectivity index (χ0) is 11.4.